The molecule has 0 amide bonds. The molecule has 0 fully saturated rings. The molecular weight excluding hydrogens is 160 g/mol. The molecule has 0 N–H and O–H groups in total. The molecule has 2 rings (SSSR count). The summed E-state index contributed by atoms with van der Waals surface area (Å²) in [5.41, 5.74) is 5.15. The lowest BCUT2D eigenvalue weighted by molar-refractivity contribution is 0.615. The summed E-state index contributed by atoms with van der Waals surface area (Å²) in [6, 6.07) is 4.17. The fourth-order valence-corrected chi connectivity index (χ4v) is 1.88. The van der Waals surface area contributed by atoms with Gasteiger partial charge in [0.15, 0.2) is 0 Å². The van der Waals surface area contributed by atoms with Gasteiger partial charge in [0.05, 0.1) is 6.26 Å². The van der Waals surface area contributed by atoms with Gasteiger partial charge in [0.25, 0.3) is 0 Å². The first-order valence-corrected chi connectivity index (χ1v) is 4.70. The van der Waals surface area contributed by atoms with Gasteiger partial charge in [0.1, 0.15) is 5.58 Å². The molecule has 0 radical (unpaired) electrons. The van der Waals surface area contributed by atoms with Gasteiger partial charge in [-0.2, -0.15) is 0 Å². The summed E-state index contributed by atoms with van der Waals surface area (Å²) in [4.78, 5) is 0. The highest BCUT2D eigenvalue weighted by Gasteiger charge is 2.07. The molecule has 0 atom stereocenters. The standard InChI is InChI=1S/C12H14O/c1-4-10-9(3)8(2)7-12-11(10)5-6-13-12/h5-7H,4H2,1-3H3. The van der Waals surface area contributed by atoms with Crippen LogP contribution in [0.5, 0.6) is 0 Å². The molecule has 1 aromatic heterocycles. The second kappa shape index (κ2) is 2.91. The normalized spacial score (nSPS) is 11.0. The third-order valence-electron chi connectivity index (χ3n) is 2.77. The van der Waals surface area contributed by atoms with E-state index < -0.39 is 0 Å². The molecule has 0 aliphatic carbocycles. The van der Waals surface area contributed by atoms with E-state index in [-0.39, 0.29) is 0 Å². The average Bonchev–Trinajstić information content (AvgIpc) is 2.54. The van der Waals surface area contributed by atoms with Crippen LogP contribution >= 0.6 is 0 Å². The predicted molar refractivity (Wildman–Crippen MR) is 55.1 cm³/mol. The SMILES string of the molecule is CCc1c(C)c(C)cc2occc12. The molecule has 0 unspecified atom stereocenters. The van der Waals surface area contributed by atoms with E-state index >= 15 is 0 Å². The van der Waals surface area contributed by atoms with Gasteiger partial charge in [-0.3, -0.25) is 0 Å². The fraction of sp³-hybridized carbons (Fsp3) is 0.333. The molecule has 0 aliphatic rings. The fourth-order valence-electron chi connectivity index (χ4n) is 1.88. The summed E-state index contributed by atoms with van der Waals surface area (Å²) in [7, 11) is 0. The van der Waals surface area contributed by atoms with Crippen molar-refractivity contribution in [1.29, 1.82) is 0 Å². The number of furan rings is 1. The maximum Gasteiger partial charge on any atom is 0.134 e. The van der Waals surface area contributed by atoms with E-state index in [0.717, 1.165) is 12.0 Å². The van der Waals surface area contributed by atoms with E-state index in [0.29, 0.717) is 0 Å². The average molecular weight is 174 g/mol. The molecule has 1 heteroatoms. The Morgan fingerprint density at radius 3 is 2.77 bits per heavy atom. The number of rotatable bonds is 1. The Kier molecular flexibility index (Phi) is 1.87. The monoisotopic (exact) mass is 174 g/mol. The van der Waals surface area contributed by atoms with Crippen LogP contribution in [-0.4, -0.2) is 0 Å². The molecule has 1 heterocycles. The minimum absolute atomic E-state index is 1.01. The second-order valence-corrected chi connectivity index (χ2v) is 3.48. The van der Waals surface area contributed by atoms with Crippen LogP contribution in [0.15, 0.2) is 22.8 Å². The number of hydrogen-bond acceptors (Lipinski definition) is 1. The zero-order valence-corrected chi connectivity index (χ0v) is 8.35. The minimum Gasteiger partial charge on any atom is -0.464 e. The highest BCUT2D eigenvalue weighted by atomic mass is 16.3. The van der Waals surface area contributed by atoms with Crippen molar-refractivity contribution in [1.82, 2.24) is 0 Å². The number of fused-ring (bicyclic) bond motifs is 1. The van der Waals surface area contributed by atoms with E-state index in [2.05, 4.69) is 32.9 Å². The summed E-state index contributed by atoms with van der Waals surface area (Å²) >= 11 is 0. The van der Waals surface area contributed by atoms with Crippen LogP contribution in [0.4, 0.5) is 0 Å². The number of hydrogen-bond donors (Lipinski definition) is 0. The summed E-state index contributed by atoms with van der Waals surface area (Å²) < 4.78 is 5.40. The molecule has 0 aliphatic heterocycles. The van der Waals surface area contributed by atoms with Gasteiger partial charge in [-0.25, -0.2) is 0 Å². The van der Waals surface area contributed by atoms with Crippen molar-refractivity contribution >= 4 is 11.0 Å². The van der Waals surface area contributed by atoms with Crippen LogP contribution in [0.25, 0.3) is 11.0 Å². The summed E-state index contributed by atoms with van der Waals surface area (Å²) in [5.74, 6) is 0. The Hall–Kier alpha value is -1.24. The molecule has 0 saturated carbocycles. The zero-order valence-electron chi connectivity index (χ0n) is 8.35. The second-order valence-electron chi connectivity index (χ2n) is 3.48. The molecule has 2 aromatic rings. The molecule has 1 aromatic carbocycles. The number of aryl methyl sites for hydroxylation is 2. The van der Waals surface area contributed by atoms with Crippen molar-refractivity contribution in [3.05, 3.63) is 35.1 Å². The molecule has 0 saturated heterocycles. The van der Waals surface area contributed by atoms with Crippen LogP contribution in [0, 0.1) is 13.8 Å². The van der Waals surface area contributed by atoms with Gasteiger partial charge in [-0.1, -0.05) is 6.92 Å². The minimum atomic E-state index is 1.01. The smallest absolute Gasteiger partial charge is 0.134 e. The molecule has 0 bridgehead atoms. The lowest BCUT2D eigenvalue weighted by Crippen LogP contribution is -1.90. The Bertz CT molecular complexity index is 438. The van der Waals surface area contributed by atoms with E-state index in [9.17, 15) is 0 Å². The Morgan fingerprint density at radius 2 is 2.08 bits per heavy atom. The summed E-state index contributed by atoms with van der Waals surface area (Å²) in [6.07, 6.45) is 2.84. The maximum atomic E-state index is 5.40. The lowest BCUT2D eigenvalue weighted by atomic mass is 9.98. The molecule has 1 nitrogen and oxygen atoms in total. The van der Waals surface area contributed by atoms with Crippen molar-refractivity contribution in [2.24, 2.45) is 0 Å². The van der Waals surface area contributed by atoms with Crippen molar-refractivity contribution in [2.75, 3.05) is 0 Å². The highest BCUT2D eigenvalue weighted by Crippen LogP contribution is 2.26. The Labute approximate surface area is 78.4 Å². The van der Waals surface area contributed by atoms with Gasteiger partial charge >= 0.3 is 0 Å². The quantitative estimate of drug-likeness (QED) is 0.643. The molecule has 13 heavy (non-hydrogen) atoms. The molecule has 68 valence electrons. The lowest BCUT2D eigenvalue weighted by Gasteiger charge is -2.07. The number of benzene rings is 1. The first-order valence-electron chi connectivity index (χ1n) is 4.70. The van der Waals surface area contributed by atoms with E-state index in [1.54, 1.807) is 6.26 Å². The van der Waals surface area contributed by atoms with Crippen LogP contribution in [0.3, 0.4) is 0 Å². The summed E-state index contributed by atoms with van der Waals surface area (Å²) in [5, 5.41) is 1.27. The van der Waals surface area contributed by atoms with E-state index in [4.69, 9.17) is 4.42 Å². The Balaban J connectivity index is 2.87. The van der Waals surface area contributed by atoms with Crippen LogP contribution in [0.1, 0.15) is 23.6 Å². The third-order valence-corrected chi connectivity index (χ3v) is 2.77. The largest absolute Gasteiger partial charge is 0.464 e. The molecular formula is C12H14O. The first-order chi connectivity index (χ1) is 6.24. The van der Waals surface area contributed by atoms with E-state index in [1.807, 2.05) is 0 Å². The third kappa shape index (κ3) is 1.15. The first kappa shape index (κ1) is 8.36. The highest BCUT2D eigenvalue weighted by molar-refractivity contribution is 5.83. The van der Waals surface area contributed by atoms with E-state index in [1.165, 1.54) is 22.1 Å². The molecule has 0 spiro atoms. The summed E-state index contributed by atoms with van der Waals surface area (Å²) in [6.45, 7) is 6.51. The Morgan fingerprint density at radius 1 is 1.31 bits per heavy atom. The van der Waals surface area contributed by atoms with Crippen LogP contribution in [0.2, 0.25) is 0 Å². The van der Waals surface area contributed by atoms with Gasteiger partial charge in [-0.15, -0.1) is 0 Å². The van der Waals surface area contributed by atoms with Crippen molar-refractivity contribution in [3.63, 3.8) is 0 Å². The zero-order chi connectivity index (χ0) is 9.42. The van der Waals surface area contributed by atoms with Crippen LogP contribution < -0.4 is 0 Å². The van der Waals surface area contributed by atoms with Gasteiger partial charge in [0.2, 0.25) is 0 Å². The predicted octanol–water partition coefficient (Wildman–Crippen LogP) is 3.61. The van der Waals surface area contributed by atoms with Crippen molar-refractivity contribution in [3.8, 4) is 0 Å². The van der Waals surface area contributed by atoms with Crippen molar-refractivity contribution < 1.29 is 4.42 Å². The van der Waals surface area contributed by atoms with Crippen LogP contribution in [-0.2, 0) is 6.42 Å². The maximum absolute atomic E-state index is 5.40. The van der Waals surface area contributed by atoms with Gasteiger partial charge in [-0.05, 0) is 49.1 Å². The van der Waals surface area contributed by atoms with Crippen molar-refractivity contribution in [2.45, 2.75) is 27.2 Å². The van der Waals surface area contributed by atoms with Gasteiger partial charge in [0, 0.05) is 5.39 Å². The van der Waals surface area contributed by atoms with Gasteiger partial charge < -0.3 is 4.42 Å². The topological polar surface area (TPSA) is 13.1 Å².